The van der Waals surface area contributed by atoms with Crippen molar-refractivity contribution >= 4 is 13.4 Å². The number of aliphatic hydroxyl groups is 1. The molecule has 0 amide bonds. The highest BCUT2D eigenvalue weighted by molar-refractivity contribution is 7.53. The van der Waals surface area contributed by atoms with Gasteiger partial charge in [0.15, 0.2) is 0 Å². The van der Waals surface area contributed by atoms with Gasteiger partial charge in [-0.05, 0) is 20.8 Å². The second-order valence-corrected chi connectivity index (χ2v) is 7.88. The fraction of sp³-hybridized carbons (Fsp3) is 0.714. The molecule has 9 nitrogen and oxygen atoms in total. The van der Waals surface area contributed by atoms with Crippen LogP contribution in [0.2, 0.25) is 0 Å². The Morgan fingerprint density at radius 3 is 2.54 bits per heavy atom. The van der Waals surface area contributed by atoms with Crippen LogP contribution in [-0.2, 0) is 18.3 Å². The van der Waals surface area contributed by atoms with Crippen LogP contribution < -0.4 is 11.4 Å². The van der Waals surface area contributed by atoms with E-state index in [1.165, 1.54) is 6.92 Å². The first kappa shape index (κ1) is 20.9. The highest BCUT2D eigenvalue weighted by atomic mass is 31.2. The van der Waals surface area contributed by atoms with Gasteiger partial charge in [-0.15, -0.1) is 0 Å². The predicted molar refractivity (Wildman–Crippen MR) is 88.2 cm³/mol. The maximum Gasteiger partial charge on any atom is 0.351 e. The quantitative estimate of drug-likeness (QED) is 0.660. The summed E-state index contributed by atoms with van der Waals surface area (Å²) in [7, 11) is -3.75. The Morgan fingerprint density at radius 2 is 2.00 bits per heavy atom. The van der Waals surface area contributed by atoms with Gasteiger partial charge in [0.05, 0.1) is 19.4 Å². The van der Waals surface area contributed by atoms with Gasteiger partial charge in [-0.2, -0.15) is 13.8 Å². The van der Waals surface area contributed by atoms with Crippen LogP contribution in [0.25, 0.3) is 0 Å². The summed E-state index contributed by atoms with van der Waals surface area (Å²) in [6, 6.07) is 0. The van der Waals surface area contributed by atoms with Gasteiger partial charge in [0, 0.05) is 11.8 Å². The minimum atomic E-state index is -3.83. The van der Waals surface area contributed by atoms with Crippen LogP contribution >= 0.6 is 7.60 Å². The van der Waals surface area contributed by atoms with Gasteiger partial charge in [-0.1, -0.05) is 0 Å². The van der Waals surface area contributed by atoms with Gasteiger partial charge in [0.2, 0.25) is 6.23 Å². The van der Waals surface area contributed by atoms with E-state index in [0.29, 0.717) is 4.57 Å². The molecule has 3 atom stereocenters. The third kappa shape index (κ3) is 3.96. The predicted octanol–water partition coefficient (Wildman–Crippen LogP) is 1.29. The van der Waals surface area contributed by atoms with Crippen molar-refractivity contribution in [3.8, 4) is 0 Å². The zero-order chi connectivity index (χ0) is 19.7. The maximum atomic E-state index is 14.5. The van der Waals surface area contributed by atoms with Gasteiger partial charge in [0.1, 0.15) is 18.0 Å². The lowest BCUT2D eigenvalue weighted by Gasteiger charge is -2.22. The molecule has 1 aromatic rings. The van der Waals surface area contributed by atoms with Crippen molar-refractivity contribution in [3.05, 3.63) is 22.2 Å². The zero-order valence-electron chi connectivity index (χ0n) is 14.6. The van der Waals surface area contributed by atoms with Gasteiger partial charge >= 0.3 is 19.2 Å². The number of hydrogen-bond donors (Lipinski definition) is 2. The third-order valence-corrected chi connectivity index (χ3v) is 5.97. The fourth-order valence-electron chi connectivity index (χ4n) is 2.62. The average Bonchev–Trinajstić information content (AvgIpc) is 2.75. The number of aliphatic hydroxyl groups excluding tert-OH is 1. The topological polar surface area (TPSA) is 126 Å². The molecule has 0 radical (unpaired) electrons. The number of aryl methyl sites for hydroxylation is 1. The van der Waals surface area contributed by atoms with Crippen molar-refractivity contribution in [3.63, 3.8) is 0 Å². The number of nitrogen functional groups attached to an aromatic ring is 1. The summed E-state index contributed by atoms with van der Waals surface area (Å²) < 4.78 is 57.5. The van der Waals surface area contributed by atoms with E-state index in [0.717, 1.165) is 6.20 Å². The number of rotatable bonds is 7. The molecule has 1 fully saturated rings. The normalized spacial score (nSPS) is 25.5. The summed E-state index contributed by atoms with van der Waals surface area (Å²) in [5.41, 5.74) is 4.72. The molecule has 12 heteroatoms. The molecule has 1 aliphatic rings. The van der Waals surface area contributed by atoms with Crippen LogP contribution in [0.5, 0.6) is 0 Å². The lowest BCUT2D eigenvalue weighted by Crippen LogP contribution is -2.42. The molecule has 26 heavy (non-hydrogen) atoms. The molecule has 148 valence electrons. The summed E-state index contributed by atoms with van der Waals surface area (Å²) in [4.78, 5) is 15.4. The molecule has 3 N–H and O–H groups in total. The molecule has 1 saturated heterocycles. The monoisotopic (exact) mass is 397 g/mol. The van der Waals surface area contributed by atoms with Crippen molar-refractivity contribution in [2.24, 2.45) is 0 Å². The van der Waals surface area contributed by atoms with Gasteiger partial charge in [0.25, 0.3) is 0 Å². The Labute approximate surface area is 148 Å². The summed E-state index contributed by atoms with van der Waals surface area (Å²) in [6.07, 6.45) is -5.52. The molecule has 1 aliphatic heterocycles. The van der Waals surface area contributed by atoms with Crippen LogP contribution in [0.4, 0.5) is 14.6 Å². The number of halogens is 2. The summed E-state index contributed by atoms with van der Waals surface area (Å²) in [5, 5.41) is 10.00. The number of nitrogens with two attached hydrogens (primary N) is 1. The molecule has 0 aliphatic carbocycles. The SMILES string of the molecule is CCOP(=O)(C[C@H]1O[C@@H](n2cc(C)c(N)nc2=O)C(F)(F)[C@@H]1O)OCC. The van der Waals surface area contributed by atoms with Crippen LogP contribution in [0, 0.1) is 6.92 Å². The van der Waals surface area contributed by atoms with Crippen molar-refractivity contribution < 1.29 is 32.2 Å². The van der Waals surface area contributed by atoms with E-state index in [2.05, 4.69) is 4.98 Å². The lowest BCUT2D eigenvalue weighted by atomic mass is 10.1. The van der Waals surface area contributed by atoms with E-state index in [4.69, 9.17) is 19.5 Å². The minimum absolute atomic E-state index is 0.0282. The summed E-state index contributed by atoms with van der Waals surface area (Å²) in [5.74, 6) is -3.93. The van der Waals surface area contributed by atoms with Crippen molar-refractivity contribution in [1.82, 2.24) is 9.55 Å². The third-order valence-electron chi connectivity index (χ3n) is 3.86. The van der Waals surface area contributed by atoms with Crippen molar-refractivity contribution in [2.45, 2.75) is 45.1 Å². The number of hydrogen-bond acceptors (Lipinski definition) is 8. The Kier molecular flexibility index (Phi) is 6.19. The fourth-order valence-corrected chi connectivity index (χ4v) is 4.42. The molecular weight excluding hydrogens is 375 g/mol. The Morgan fingerprint density at radius 1 is 1.42 bits per heavy atom. The first-order chi connectivity index (χ1) is 12.1. The van der Waals surface area contributed by atoms with Crippen LogP contribution in [0.1, 0.15) is 25.6 Å². The molecule has 2 heterocycles. The second-order valence-electron chi connectivity index (χ2n) is 5.77. The molecular formula is C14H22F2N3O6P. The standard InChI is InChI=1S/C14H22F2N3O6P/c1-4-23-26(22,24-5-2)7-9-10(20)14(15,16)12(25-9)19-6-8(3)11(17)18-13(19)21/h6,9-10,12,20H,4-5,7H2,1-3H3,(H2,17,18,21)/t9-,10-,12-/m1/s1. The van der Waals surface area contributed by atoms with Crippen molar-refractivity contribution in [1.29, 1.82) is 0 Å². The second kappa shape index (κ2) is 7.69. The van der Waals surface area contributed by atoms with E-state index < -0.39 is 43.8 Å². The molecule has 0 aromatic carbocycles. The lowest BCUT2D eigenvalue weighted by molar-refractivity contribution is -0.140. The molecule has 0 bridgehead atoms. The van der Waals surface area contributed by atoms with Crippen LogP contribution in [-0.4, -0.2) is 52.2 Å². The zero-order valence-corrected chi connectivity index (χ0v) is 15.5. The number of anilines is 1. The number of aromatic nitrogens is 2. The van der Waals surface area contributed by atoms with E-state index in [-0.39, 0.29) is 24.6 Å². The smallest absolute Gasteiger partial charge is 0.351 e. The average molecular weight is 397 g/mol. The molecule has 0 saturated carbocycles. The van der Waals surface area contributed by atoms with E-state index in [1.807, 2.05) is 0 Å². The Hall–Kier alpha value is -1.39. The largest absolute Gasteiger partial charge is 0.384 e. The number of nitrogens with zero attached hydrogens (tertiary/aromatic N) is 2. The molecule has 0 spiro atoms. The van der Waals surface area contributed by atoms with Gasteiger partial charge in [-0.25, -0.2) is 4.79 Å². The highest BCUT2D eigenvalue weighted by Crippen LogP contribution is 2.53. The van der Waals surface area contributed by atoms with Crippen molar-refractivity contribution in [2.75, 3.05) is 25.1 Å². The van der Waals surface area contributed by atoms with Gasteiger partial charge < -0.3 is 24.6 Å². The van der Waals surface area contributed by atoms with Crippen LogP contribution in [0.15, 0.2) is 11.0 Å². The number of alkyl halides is 2. The van der Waals surface area contributed by atoms with E-state index in [9.17, 15) is 23.2 Å². The Bertz CT molecular complexity index is 749. The van der Waals surface area contributed by atoms with Crippen LogP contribution in [0.3, 0.4) is 0 Å². The first-order valence-electron chi connectivity index (χ1n) is 8.00. The number of ether oxygens (including phenoxy) is 1. The van der Waals surface area contributed by atoms with E-state index in [1.54, 1.807) is 13.8 Å². The molecule has 2 rings (SSSR count). The molecule has 0 unspecified atom stereocenters. The van der Waals surface area contributed by atoms with E-state index >= 15 is 0 Å². The first-order valence-corrected chi connectivity index (χ1v) is 9.73. The van der Waals surface area contributed by atoms with Gasteiger partial charge in [-0.3, -0.25) is 9.13 Å². The maximum absolute atomic E-state index is 14.5. The summed E-state index contributed by atoms with van der Waals surface area (Å²) in [6.45, 7) is 4.67. The minimum Gasteiger partial charge on any atom is -0.384 e. The Balaban J connectivity index is 2.34. The molecule has 1 aromatic heterocycles. The summed E-state index contributed by atoms with van der Waals surface area (Å²) >= 11 is 0. The highest BCUT2D eigenvalue weighted by Gasteiger charge is 2.61.